The van der Waals surface area contributed by atoms with Crippen molar-refractivity contribution in [3.8, 4) is 0 Å². The molecule has 0 unspecified atom stereocenters. The van der Waals surface area contributed by atoms with Gasteiger partial charge < -0.3 is 4.98 Å². The molecule has 0 amide bonds. The van der Waals surface area contributed by atoms with Crippen molar-refractivity contribution >= 4 is 10.9 Å². The van der Waals surface area contributed by atoms with E-state index >= 15 is 0 Å². The Bertz CT molecular complexity index is 398. The zero-order chi connectivity index (χ0) is 9.26. The fourth-order valence-electron chi connectivity index (χ4n) is 1.59. The average molecular weight is 172 g/mol. The molecular formula is C12H14N. The van der Waals surface area contributed by atoms with Gasteiger partial charge in [0.2, 0.25) is 0 Å². The number of nitrogens with one attached hydrogen (secondary N) is 1. The van der Waals surface area contributed by atoms with E-state index in [9.17, 15) is 0 Å². The summed E-state index contributed by atoms with van der Waals surface area (Å²) in [5, 5.41) is 1.32. The number of fused-ring (bicyclic) bond motifs is 1. The molecule has 0 aliphatic rings. The second-order valence-electron chi connectivity index (χ2n) is 3.70. The molecular weight excluding hydrogens is 158 g/mol. The number of para-hydroxylation sites is 1. The molecule has 1 heteroatoms. The molecule has 1 aromatic carbocycles. The van der Waals surface area contributed by atoms with Gasteiger partial charge in [0.1, 0.15) is 0 Å². The first-order chi connectivity index (χ1) is 6.27. The molecule has 0 saturated heterocycles. The van der Waals surface area contributed by atoms with Gasteiger partial charge in [0, 0.05) is 17.1 Å². The van der Waals surface area contributed by atoms with Crippen LogP contribution in [0.2, 0.25) is 0 Å². The molecule has 13 heavy (non-hydrogen) atoms. The number of H-pyrrole nitrogens is 1. The predicted octanol–water partition coefficient (Wildman–Crippen LogP) is 3.38. The van der Waals surface area contributed by atoms with Crippen molar-refractivity contribution in [2.75, 3.05) is 0 Å². The van der Waals surface area contributed by atoms with Crippen LogP contribution >= 0.6 is 0 Å². The lowest BCUT2D eigenvalue weighted by atomic mass is 10.0. The molecule has 2 aromatic rings. The molecule has 0 atom stereocenters. The summed E-state index contributed by atoms with van der Waals surface area (Å²) in [5.74, 6) is 0.596. The highest BCUT2D eigenvalue weighted by molar-refractivity contribution is 5.84. The minimum atomic E-state index is 0.596. The Kier molecular flexibility index (Phi) is 2.09. The lowest BCUT2D eigenvalue weighted by Crippen LogP contribution is -1.88. The number of hydrogen-bond acceptors (Lipinski definition) is 0. The summed E-state index contributed by atoms with van der Waals surface area (Å²) < 4.78 is 0. The summed E-state index contributed by atoms with van der Waals surface area (Å²) in [6.45, 7) is 4.39. The lowest BCUT2D eigenvalue weighted by Gasteiger charge is -2.01. The van der Waals surface area contributed by atoms with E-state index in [-0.39, 0.29) is 0 Å². The number of hydrogen-bond donors (Lipinski definition) is 1. The van der Waals surface area contributed by atoms with Gasteiger partial charge in [-0.2, -0.15) is 0 Å². The van der Waals surface area contributed by atoms with Crippen LogP contribution in [-0.4, -0.2) is 4.98 Å². The van der Waals surface area contributed by atoms with Crippen molar-refractivity contribution in [2.24, 2.45) is 5.92 Å². The maximum Gasteiger partial charge on any atom is 0.0456 e. The maximum atomic E-state index is 3.26. The molecule has 0 saturated carbocycles. The maximum absolute atomic E-state index is 3.26. The van der Waals surface area contributed by atoms with Gasteiger partial charge in [-0.1, -0.05) is 32.0 Å². The van der Waals surface area contributed by atoms with E-state index in [1.54, 1.807) is 0 Å². The van der Waals surface area contributed by atoms with Crippen molar-refractivity contribution in [3.05, 3.63) is 42.4 Å². The fraction of sp³-hybridized carbons (Fsp3) is 0.250. The Morgan fingerprint density at radius 2 is 2.00 bits per heavy atom. The number of rotatable bonds is 2. The average Bonchev–Trinajstić information content (AvgIpc) is 2.48. The molecule has 67 valence electrons. The van der Waals surface area contributed by atoms with Gasteiger partial charge in [-0.3, -0.25) is 0 Å². The summed E-state index contributed by atoms with van der Waals surface area (Å²) in [6, 6.07) is 8.39. The second-order valence-corrected chi connectivity index (χ2v) is 3.70. The van der Waals surface area contributed by atoms with Crippen LogP contribution in [0.3, 0.4) is 0 Å². The summed E-state index contributed by atoms with van der Waals surface area (Å²) in [6.07, 6.45) is 4.35. The monoisotopic (exact) mass is 172 g/mol. The third-order valence-electron chi connectivity index (χ3n) is 2.13. The Hall–Kier alpha value is -1.24. The molecule has 0 bridgehead atoms. The van der Waals surface area contributed by atoms with Gasteiger partial charge in [0.15, 0.2) is 0 Å². The van der Waals surface area contributed by atoms with Crippen LogP contribution in [0, 0.1) is 12.3 Å². The molecule has 1 aromatic heterocycles. The standard InChI is InChI=1S/C12H14N/c1-9(2)7-10-8-13-12-6-4-3-5-11(10)12/h3-9,13H,1-2H3. The Balaban J connectivity index is 2.46. The van der Waals surface area contributed by atoms with Gasteiger partial charge in [0.05, 0.1) is 0 Å². The van der Waals surface area contributed by atoms with Gasteiger partial charge in [-0.25, -0.2) is 0 Å². The van der Waals surface area contributed by atoms with Crippen molar-refractivity contribution in [1.82, 2.24) is 4.98 Å². The zero-order valence-corrected chi connectivity index (χ0v) is 8.04. The lowest BCUT2D eigenvalue weighted by molar-refractivity contribution is 0.778. The fourth-order valence-corrected chi connectivity index (χ4v) is 1.59. The minimum Gasteiger partial charge on any atom is -0.361 e. The van der Waals surface area contributed by atoms with E-state index < -0.39 is 0 Å². The largest absolute Gasteiger partial charge is 0.361 e. The number of aromatic nitrogens is 1. The number of aromatic amines is 1. The molecule has 1 radical (unpaired) electrons. The van der Waals surface area contributed by atoms with E-state index in [0.29, 0.717) is 5.92 Å². The van der Waals surface area contributed by atoms with Crippen LogP contribution in [0.15, 0.2) is 30.5 Å². The quantitative estimate of drug-likeness (QED) is 0.714. The van der Waals surface area contributed by atoms with Crippen LogP contribution in [-0.2, 0) is 0 Å². The third-order valence-corrected chi connectivity index (χ3v) is 2.13. The van der Waals surface area contributed by atoms with Crippen molar-refractivity contribution in [1.29, 1.82) is 0 Å². The van der Waals surface area contributed by atoms with E-state index in [1.165, 1.54) is 16.5 Å². The normalized spacial score (nSPS) is 11.3. The van der Waals surface area contributed by atoms with Crippen LogP contribution in [0.5, 0.6) is 0 Å². The van der Waals surface area contributed by atoms with E-state index in [1.807, 2.05) is 0 Å². The highest BCUT2D eigenvalue weighted by Crippen LogP contribution is 2.21. The third kappa shape index (κ3) is 1.59. The molecule has 2 rings (SSSR count). The molecule has 0 aliphatic heterocycles. The van der Waals surface area contributed by atoms with Gasteiger partial charge in [0.25, 0.3) is 0 Å². The van der Waals surface area contributed by atoms with Gasteiger partial charge >= 0.3 is 0 Å². The molecule has 0 spiro atoms. The minimum absolute atomic E-state index is 0.596. The van der Waals surface area contributed by atoms with Gasteiger partial charge in [-0.05, 0) is 24.0 Å². The smallest absolute Gasteiger partial charge is 0.0456 e. The van der Waals surface area contributed by atoms with Crippen LogP contribution < -0.4 is 0 Å². The molecule has 0 fully saturated rings. The highest BCUT2D eigenvalue weighted by Gasteiger charge is 2.04. The summed E-state index contributed by atoms with van der Waals surface area (Å²) in [4.78, 5) is 3.26. The van der Waals surface area contributed by atoms with E-state index in [0.717, 1.165) is 0 Å². The topological polar surface area (TPSA) is 15.8 Å². The first-order valence-electron chi connectivity index (χ1n) is 4.68. The van der Waals surface area contributed by atoms with Crippen LogP contribution in [0.25, 0.3) is 10.9 Å². The zero-order valence-electron chi connectivity index (χ0n) is 8.04. The molecule has 1 N–H and O–H groups in total. The molecule has 0 aliphatic carbocycles. The summed E-state index contributed by atoms with van der Waals surface area (Å²) in [5.41, 5.74) is 2.53. The molecule has 1 nitrogen and oxygen atoms in total. The first kappa shape index (κ1) is 8.36. The van der Waals surface area contributed by atoms with E-state index in [4.69, 9.17) is 0 Å². The van der Waals surface area contributed by atoms with Crippen LogP contribution in [0.4, 0.5) is 0 Å². The van der Waals surface area contributed by atoms with Crippen molar-refractivity contribution < 1.29 is 0 Å². The summed E-state index contributed by atoms with van der Waals surface area (Å²) >= 11 is 0. The highest BCUT2D eigenvalue weighted by atomic mass is 14.7. The first-order valence-corrected chi connectivity index (χ1v) is 4.68. The Morgan fingerprint density at radius 1 is 1.23 bits per heavy atom. The number of benzene rings is 1. The van der Waals surface area contributed by atoms with E-state index in [2.05, 4.69) is 55.7 Å². The predicted molar refractivity (Wildman–Crippen MR) is 56.5 cm³/mol. The Labute approximate surface area is 78.8 Å². The van der Waals surface area contributed by atoms with Crippen molar-refractivity contribution in [3.63, 3.8) is 0 Å². The SMILES string of the molecule is CC(C)[CH]c1c[nH]c2ccccc12. The van der Waals surface area contributed by atoms with Gasteiger partial charge in [-0.15, -0.1) is 0 Å². The molecule has 1 heterocycles. The second kappa shape index (κ2) is 3.25. The Morgan fingerprint density at radius 3 is 2.77 bits per heavy atom. The van der Waals surface area contributed by atoms with Crippen LogP contribution in [0.1, 0.15) is 19.4 Å². The van der Waals surface area contributed by atoms with Crippen molar-refractivity contribution in [2.45, 2.75) is 13.8 Å². The summed E-state index contributed by atoms with van der Waals surface area (Å²) in [7, 11) is 0.